The Morgan fingerprint density at radius 3 is 2.67 bits per heavy atom. The van der Waals surface area contributed by atoms with Crippen LogP contribution < -0.4 is 9.36 Å². The third kappa shape index (κ3) is 3.51. The molecule has 0 spiro atoms. The quantitative estimate of drug-likeness (QED) is 0.721. The Bertz CT molecular complexity index is 672. The molecule has 0 heterocycles. The van der Waals surface area contributed by atoms with E-state index in [1.165, 1.54) is 0 Å². The zero-order valence-electron chi connectivity index (χ0n) is 10.7. The first-order chi connectivity index (χ1) is 9.52. The number of halogens is 4. The molecule has 1 aromatic carbocycles. The first kappa shape index (κ1) is 16.6. The molecule has 1 aromatic rings. The van der Waals surface area contributed by atoms with Crippen molar-refractivity contribution in [2.45, 2.75) is 25.2 Å². The van der Waals surface area contributed by atoms with Gasteiger partial charge in [0.1, 0.15) is 11.9 Å². The normalized spacial score (nSPS) is 20.4. The number of rotatable bonds is 4. The summed E-state index contributed by atoms with van der Waals surface area (Å²) < 4.78 is 67.9. The molecule has 1 aliphatic rings. The van der Waals surface area contributed by atoms with Crippen LogP contribution in [-0.4, -0.2) is 26.4 Å². The number of nitrogens with one attached hydrogen (secondary N) is 2. The lowest BCUT2D eigenvalue weighted by atomic mass is 9.92. The van der Waals surface area contributed by atoms with E-state index in [9.17, 15) is 21.6 Å². The maximum atomic E-state index is 14.0. The highest BCUT2D eigenvalue weighted by Gasteiger charge is 2.50. The van der Waals surface area contributed by atoms with Crippen molar-refractivity contribution in [1.29, 1.82) is 0 Å². The molecule has 0 aromatic heterocycles. The summed E-state index contributed by atoms with van der Waals surface area (Å²) in [7, 11) is -5.84. The highest BCUT2D eigenvalue weighted by Crippen LogP contribution is 2.46. The van der Waals surface area contributed by atoms with Crippen LogP contribution in [0.15, 0.2) is 12.1 Å². The molecule has 2 rings (SSSR count). The first-order valence-corrected chi connectivity index (χ1v) is 7.71. The van der Waals surface area contributed by atoms with Crippen molar-refractivity contribution in [2.75, 3.05) is 0 Å². The van der Waals surface area contributed by atoms with Crippen molar-refractivity contribution < 1.29 is 26.6 Å². The molecule has 0 saturated carbocycles. The molecule has 3 N–H and O–H groups in total. The fraction of sp³-hybridized carbons (Fsp3) is 0.400. The first-order valence-electron chi connectivity index (χ1n) is 5.85. The average molecular weight is 343 g/mol. The second-order valence-corrected chi connectivity index (χ2v) is 6.63. The van der Waals surface area contributed by atoms with E-state index >= 15 is 0 Å². The van der Waals surface area contributed by atoms with Crippen molar-refractivity contribution >= 4 is 28.9 Å². The molecule has 0 aliphatic heterocycles. The van der Waals surface area contributed by atoms with Crippen LogP contribution in [-0.2, 0) is 16.6 Å². The summed E-state index contributed by atoms with van der Waals surface area (Å²) in [5.41, 5.74) is -0.228. The molecule has 11 heteroatoms. The summed E-state index contributed by atoms with van der Waals surface area (Å²) in [6.07, 6.45) is -0.832. The van der Waals surface area contributed by atoms with Gasteiger partial charge in [0.15, 0.2) is 0 Å². The molecule has 21 heavy (non-hydrogen) atoms. The van der Waals surface area contributed by atoms with Gasteiger partial charge < -0.3 is 5.02 Å². The third-order valence-electron chi connectivity index (χ3n) is 2.92. The molecule has 1 atom stereocenters. The van der Waals surface area contributed by atoms with Crippen LogP contribution in [0.3, 0.4) is 0 Å². The minimum atomic E-state index is -4.39. The summed E-state index contributed by atoms with van der Waals surface area (Å²) in [5, 5.41) is 8.70. The molecule has 0 bridgehead atoms. The van der Waals surface area contributed by atoms with E-state index in [4.69, 9.17) is 16.6 Å². The van der Waals surface area contributed by atoms with E-state index in [-0.39, 0.29) is 16.1 Å². The van der Waals surface area contributed by atoms with Crippen LogP contribution in [0.2, 0.25) is 11.8 Å². The number of hydrogen-bond donors (Lipinski definition) is 3. The van der Waals surface area contributed by atoms with Gasteiger partial charge in [-0.05, 0) is 30.1 Å². The molecule has 5 nitrogen and oxygen atoms in total. The van der Waals surface area contributed by atoms with Crippen molar-refractivity contribution in [3.05, 3.63) is 34.1 Å². The molecular weight excluding hydrogens is 331 g/mol. The van der Waals surface area contributed by atoms with Crippen molar-refractivity contribution in [3.8, 4) is 0 Å². The summed E-state index contributed by atoms with van der Waals surface area (Å²) in [6.45, 7) is 1.11. The standard InChI is InChI=1S/C10H11BClF3N2O3S/c1-11(18)17-21(19,20)16-9-8-5(4-10(9,14)15)2-6(13)3-7(8)12/h2-3,9,16-18H,4H2,1H3. The Kier molecular flexibility index (Phi) is 4.29. The topological polar surface area (TPSA) is 78.4 Å². The van der Waals surface area contributed by atoms with Gasteiger partial charge in [0.25, 0.3) is 16.1 Å². The molecule has 0 amide bonds. The fourth-order valence-electron chi connectivity index (χ4n) is 2.23. The van der Waals surface area contributed by atoms with Crippen LogP contribution in [0.5, 0.6) is 0 Å². The summed E-state index contributed by atoms with van der Waals surface area (Å²) in [6, 6.07) is -0.201. The molecular formula is C10H11BClF3N2O3S. The number of hydrogen-bond acceptors (Lipinski definition) is 3. The Morgan fingerprint density at radius 1 is 1.48 bits per heavy atom. The van der Waals surface area contributed by atoms with E-state index < -0.39 is 41.5 Å². The zero-order valence-corrected chi connectivity index (χ0v) is 12.3. The minimum Gasteiger partial charge on any atom is -0.437 e. The number of fused-ring (bicyclic) bond motifs is 1. The number of benzene rings is 1. The van der Waals surface area contributed by atoms with Crippen molar-refractivity contribution in [1.82, 2.24) is 9.36 Å². The second-order valence-electron chi connectivity index (χ2n) is 4.75. The summed E-state index contributed by atoms with van der Waals surface area (Å²) in [5.74, 6) is -4.24. The Hall–Kier alpha value is -0.805. The van der Waals surface area contributed by atoms with Gasteiger partial charge in [-0.3, -0.25) is 0 Å². The fourth-order valence-corrected chi connectivity index (χ4v) is 3.69. The SMILES string of the molecule is CB(O)NS(=O)(=O)NC1c2c(Cl)cc(F)cc2CC1(F)F. The molecule has 1 unspecified atom stereocenters. The Morgan fingerprint density at radius 2 is 2.10 bits per heavy atom. The minimum absolute atomic E-state index is 0.0604. The summed E-state index contributed by atoms with van der Waals surface area (Å²) >= 11 is 5.75. The smallest absolute Gasteiger partial charge is 0.388 e. The van der Waals surface area contributed by atoms with Crippen LogP contribution in [0.1, 0.15) is 17.2 Å². The van der Waals surface area contributed by atoms with E-state index in [0.29, 0.717) is 0 Å². The third-order valence-corrected chi connectivity index (χ3v) is 4.43. The van der Waals surface area contributed by atoms with Gasteiger partial charge in [0, 0.05) is 11.4 Å². The molecule has 116 valence electrons. The average Bonchev–Trinajstić information content (AvgIpc) is 2.46. The second kappa shape index (κ2) is 5.43. The zero-order chi connectivity index (χ0) is 16.0. The molecule has 0 radical (unpaired) electrons. The molecule has 0 saturated heterocycles. The highest BCUT2D eigenvalue weighted by atomic mass is 35.5. The van der Waals surface area contributed by atoms with Gasteiger partial charge in [0.05, 0.1) is 0 Å². The molecule has 0 fully saturated rings. The lowest BCUT2D eigenvalue weighted by Gasteiger charge is -2.22. The molecule has 1 aliphatic carbocycles. The van der Waals surface area contributed by atoms with Crippen molar-refractivity contribution in [2.24, 2.45) is 0 Å². The monoisotopic (exact) mass is 342 g/mol. The van der Waals surface area contributed by atoms with Crippen LogP contribution in [0.4, 0.5) is 13.2 Å². The van der Waals surface area contributed by atoms with E-state index in [2.05, 4.69) is 0 Å². The van der Waals surface area contributed by atoms with Gasteiger partial charge in [-0.2, -0.15) is 13.1 Å². The lowest BCUT2D eigenvalue weighted by Crippen LogP contribution is -2.48. The van der Waals surface area contributed by atoms with Crippen LogP contribution in [0.25, 0.3) is 0 Å². The largest absolute Gasteiger partial charge is 0.437 e. The maximum Gasteiger partial charge on any atom is 0.388 e. The van der Waals surface area contributed by atoms with E-state index in [0.717, 1.165) is 19.0 Å². The van der Waals surface area contributed by atoms with Crippen molar-refractivity contribution in [3.63, 3.8) is 0 Å². The highest BCUT2D eigenvalue weighted by molar-refractivity contribution is 7.88. The van der Waals surface area contributed by atoms with Crippen LogP contribution in [0, 0.1) is 5.82 Å². The maximum absolute atomic E-state index is 14.0. The van der Waals surface area contributed by atoms with Gasteiger partial charge in [0.2, 0.25) is 0 Å². The van der Waals surface area contributed by atoms with Gasteiger partial charge in [-0.15, -0.1) is 0 Å². The predicted molar refractivity (Wildman–Crippen MR) is 71.8 cm³/mol. The van der Waals surface area contributed by atoms with Gasteiger partial charge in [-0.1, -0.05) is 11.6 Å². The predicted octanol–water partition coefficient (Wildman–Crippen LogP) is 1.25. The summed E-state index contributed by atoms with van der Waals surface area (Å²) in [4.78, 5) is 0. The Balaban J connectivity index is 2.41. The lowest BCUT2D eigenvalue weighted by molar-refractivity contribution is -0.0188. The number of alkyl halides is 2. The van der Waals surface area contributed by atoms with E-state index in [1.807, 2.05) is 0 Å². The van der Waals surface area contributed by atoms with Gasteiger partial charge in [-0.25, -0.2) is 17.8 Å². The van der Waals surface area contributed by atoms with Gasteiger partial charge >= 0.3 is 7.05 Å². The van der Waals surface area contributed by atoms with Crippen LogP contribution >= 0.6 is 11.6 Å². The Labute approximate surface area is 124 Å². The van der Waals surface area contributed by atoms with E-state index in [1.54, 1.807) is 9.36 Å².